The summed E-state index contributed by atoms with van der Waals surface area (Å²) < 4.78 is 0. The highest BCUT2D eigenvalue weighted by Gasteiger charge is 2.36. The van der Waals surface area contributed by atoms with Crippen LogP contribution in [-0.4, -0.2) is 29.6 Å². The first-order valence-electron chi connectivity index (χ1n) is 12.9. The van der Waals surface area contributed by atoms with Gasteiger partial charge in [-0.15, -0.1) is 0 Å². The van der Waals surface area contributed by atoms with Crippen molar-refractivity contribution in [3.05, 3.63) is 68.7 Å². The number of carbonyl (C=O) groups is 2. The van der Waals surface area contributed by atoms with E-state index in [-0.39, 0.29) is 18.4 Å². The van der Waals surface area contributed by atoms with Crippen LogP contribution in [0.1, 0.15) is 90.3 Å². The van der Waals surface area contributed by atoms with Gasteiger partial charge in [0.2, 0.25) is 11.8 Å². The molecule has 2 amide bonds. The Hall–Kier alpha value is -1.79. The minimum Gasteiger partial charge on any atom is -0.394 e. The summed E-state index contributed by atoms with van der Waals surface area (Å²) in [5.41, 5.74) is 0.792. The molecular formula is C29H41Cl3N2O3. The highest BCUT2D eigenvalue weighted by atomic mass is 35.5. The van der Waals surface area contributed by atoms with Gasteiger partial charge in [-0.05, 0) is 61.6 Å². The van der Waals surface area contributed by atoms with Crippen LogP contribution in [0.15, 0.2) is 42.5 Å². The van der Waals surface area contributed by atoms with E-state index >= 15 is 0 Å². The van der Waals surface area contributed by atoms with Crippen molar-refractivity contribution in [1.82, 2.24) is 10.6 Å². The number of carbonyl (C=O) groups excluding carboxylic acids is 2. The van der Waals surface area contributed by atoms with Crippen LogP contribution in [0, 0.1) is 0 Å². The van der Waals surface area contributed by atoms with Crippen LogP contribution in [0.25, 0.3) is 0 Å². The summed E-state index contributed by atoms with van der Waals surface area (Å²) in [7, 11) is 0. The van der Waals surface area contributed by atoms with Crippen molar-refractivity contribution in [3.8, 4) is 0 Å². The summed E-state index contributed by atoms with van der Waals surface area (Å²) >= 11 is 18.1. The first kappa shape index (κ1) is 33.2. The van der Waals surface area contributed by atoms with Gasteiger partial charge in [-0.3, -0.25) is 9.59 Å². The number of halogens is 3. The molecule has 1 unspecified atom stereocenters. The van der Waals surface area contributed by atoms with E-state index < -0.39 is 11.5 Å². The molecule has 206 valence electrons. The van der Waals surface area contributed by atoms with E-state index in [2.05, 4.69) is 24.5 Å². The standard InChI is InChI=1S/C20H22Cl3NO2.C9H19NO/c1-3-10-20(2,14-6-9-16(22)17(23)11-14)19(26)24-18(12-25)13-4-7-15(21)8-5-13;1-4-6-9(7-5-2)10-8(3)11/h4-9,11,18,25H,3,10,12H2,1-2H3,(H,24,26);9H,4-7H2,1-3H3,(H,10,11)/t18-,20?;/m0./s1. The fraction of sp³-hybridized carbons (Fsp3) is 0.517. The number of aliphatic hydroxyl groups excluding tert-OH is 1. The van der Waals surface area contributed by atoms with Crippen molar-refractivity contribution >= 4 is 46.6 Å². The highest BCUT2D eigenvalue weighted by molar-refractivity contribution is 6.42. The van der Waals surface area contributed by atoms with E-state index in [1.54, 1.807) is 43.3 Å². The average Bonchev–Trinajstić information content (AvgIpc) is 2.85. The zero-order valence-corrected chi connectivity index (χ0v) is 24.8. The van der Waals surface area contributed by atoms with Crippen molar-refractivity contribution in [2.24, 2.45) is 0 Å². The number of rotatable bonds is 12. The minimum absolute atomic E-state index is 0.0944. The third-order valence-electron chi connectivity index (χ3n) is 6.25. The number of amides is 2. The van der Waals surface area contributed by atoms with Gasteiger partial charge < -0.3 is 15.7 Å². The monoisotopic (exact) mass is 570 g/mol. The third kappa shape index (κ3) is 10.8. The second-order valence-corrected chi connectivity index (χ2v) is 10.7. The number of hydrogen-bond donors (Lipinski definition) is 3. The largest absolute Gasteiger partial charge is 0.394 e. The van der Waals surface area contributed by atoms with Crippen molar-refractivity contribution in [2.45, 2.75) is 90.6 Å². The quantitative estimate of drug-likeness (QED) is 0.245. The number of hydrogen-bond acceptors (Lipinski definition) is 3. The summed E-state index contributed by atoms with van der Waals surface area (Å²) in [5, 5.41) is 17.1. The minimum atomic E-state index is -0.789. The summed E-state index contributed by atoms with van der Waals surface area (Å²) in [4.78, 5) is 23.8. The van der Waals surface area contributed by atoms with Crippen LogP contribution in [0.3, 0.4) is 0 Å². The number of benzene rings is 2. The normalized spacial score (nSPS) is 13.2. The van der Waals surface area contributed by atoms with E-state index in [0.29, 0.717) is 27.5 Å². The van der Waals surface area contributed by atoms with Crippen LogP contribution < -0.4 is 10.6 Å². The molecule has 0 spiro atoms. The van der Waals surface area contributed by atoms with E-state index in [1.807, 2.05) is 19.9 Å². The van der Waals surface area contributed by atoms with Crippen molar-refractivity contribution in [1.29, 1.82) is 0 Å². The molecule has 2 atom stereocenters. The van der Waals surface area contributed by atoms with Gasteiger partial charge in [0.15, 0.2) is 0 Å². The Morgan fingerprint density at radius 2 is 1.49 bits per heavy atom. The molecule has 2 rings (SSSR count). The molecule has 0 bridgehead atoms. The van der Waals surface area contributed by atoms with Crippen LogP contribution in [0.2, 0.25) is 15.1 Å². The molecule has 0 aliphatic rings. The Labute approximate surface area is 237 Å². The molecule has 37 heavy (non-hydrogen) atoms. The Balaban J connectivity index is 0.000000525. The van der Waals surface area contributed by atoms with Crippen LogP contribution in [0.4, 0.5) is 0 Å². The lowest BCUT2D eigenvalue weighted by Crippen LogP contribution is -2.44. The molecule has 0 saturated heterocycles. The Morgan fingerprint density at radius 3 is 1.95 bits per heavy atom. The molecule has 8 heteroatoms. The predicted molar refractivity (Wildman–Crippen MR) is 156 cm³/mol. The number of aliphatic hydroxyl groups is 1. The van der Waals surface area contributed by atoms with Gasteiger partial charge in [0.05, 0.1) is 28.1 Å². The van der Waals surface area contributed by atoms with Gasteiger partial charge in [0.1, 0.15) is 0 Å². The molecule has 3 N–H and O–H groups in total. The van der Waals surface area contributed by atoms with Crippen molar-refractivity contribution in [2.75, 3.05) is 6.61 Å². The Kier molecular flexibility index (Phi) is 15.2. The zero-order valence-electron chi connectivity index (χ0n) is 22.5. The maximum atomic E-state index is 13.1. The number of nitrogens with one attached hydrogen (secondary N) is 2. The van der Waals surface area contributed by atoms with Gasteiger partial charge in [-0.1, -0.05) is 93.0 Å². The SMILES string of the molecule is CCCC(C)(C(=O)N[C@@H](CO)c1ccc(Cl)cc1)c1ccc(Cl)c(Cl)c1.CCCC(CCC)NC(C)=O. The van der Waals surface area contributed by atoms with Crippen molar-refractivity contribution < 1.29 is 14.7 Å². The molecule has 0 aliphatic carbocycles. The fourth-order valence-corrected chi connectivity index (χ4v) is 4.67. The average molecular weight is 572 g/mol. The predicted octanol–water partition coefficient (Wildman–Crippen LogP) is 7.65. The maximum absolute atomic E-state index is 13.1. The molecule has 5 nitrogen and oxygen atoms in total. The lowest BCUT2D eigenvalue weighted by Gasteiger charge is -2.31. The summed E-state index contributed by atoms with van der Waals surface area (Å²) in [5.74, 6) is -0.0800. The van der Waals surface area contributed by atoms with Gasteiger partial charge in [0, 0.05) is 18.0 Å². The molecule has 0 aromatic heterocycles. The molecule has 0 radical (unpaired) electrons. The van der Waals surface area contributed by atoms with Crippen LogP contribution >= 0.6 is 34.8 Å². The van der Waals surface area contributed by atoms with E-state index in [1.165, 1.54) is 0 Å². The molecule has 2 aromatic rings. The van der Waals surface area contributed by atoms with Gasteiger partial charge in [-0.2, -0.15) is 0 Å². The Bertz CT molecular complexity index is 979. The van der Waals surface area contributed by atoms with E-state index in [4.69, 9.17) is 34.8 Å². The molecule has 0 saturated carbocycles. The first-order chi connectivity index (χ1) is 17.5. The van der Waals surface area contributed by atoms with E-state index in [9.17, 15) is 14.7 Å². The smallest absolute Gasteiger partial charge is 0.230 e. The topological polar surface area (TPSA) is 78.4 Å². The summed E-state index contributed by atoms with van der Waals surface area (Å²) in [6, 6.07) is 12.2. The van der Waals surface area contributed by atoms with E-state index in [0.717, 1.165) is 43.2 Å². The molecular weight excluding hydrogens is 531 g/mol. The van der Waals surface area contributed by atoms with Gasteiger partial charge in [0.25, 0.3) is 0 Å². The van der Waals surface area contributed by atoms with Gasteiger partial charge >= 0.3 is 0 Å². The highest BCUT2D eigenvalue weighted by Crippen LogP contribution is 2.34. The lowest BCUT2D eigenvalue weighted by molar-refractivity contribution is -0.127. The van der Waals surface area contributed by atoms with Crippen molar-refractivity contribution in [3.63, 3.8) is 0 Å². The summed E-state index contributed by atoms with van der Waals surface area (Å²) in [6.07, 6.45) is 5.95. The van der Waals surface area contributed by atoms with Gasteiger partial charge in [-0.25, -0.2) is 0 Å². The summed E-state index contributed by atoms with van der Waals surface area (Å²) in [6.45, 7) is 9.55. The van der Waals surface area contributed by atoms with Crippen LogP contribution in [-0.2, 0) is 15.0 Å². The molecule has 0 heterocycles. The second kappa shape index (κ2) is 16.9. The zero-order chi connectivity index (χ0) is 28.0. The first-order valence-corrected chi connectivity index (χ1v) is 14.1. The molecule has 2 aromatic carbocycles. The van der Waals surface area contributed by atoms with Crippen LogP contribution in [0.5, 0.6) is 0 Å². The molecule has 0 aliphatic heterocycles. The maximum Gasteiger partial charge on any atom is 0.230 e. The lowest BCUT2D eigenvalue weighted by atomic mass is 9.77. The molecule has 0 fully saturated rings. The fourth-order valence-electron chi connectivity index (χ4n) is 4.25. The third-order valence-corrected chi connectivity index (χ3v) is 7.24. The Morgan fingerprint density at radius 1 is 0.892 bits per heavy atom. The second-order valence-electron chi connectivity index (χ2n) is 9.45.